The van der Waals surface area contributed by atoms with Crippen molar-refractivity contribution < 1.29 is 28.6 Å². The van der Waals surface area contributed by atoms with Gasteiger partial charge in [-0.05, 0) is 70.6 Å². The molecule has 0 N–H and O–H groups in total. The number of ether oxygens (including phenoxy) is 3. The molecule has 402 valence electrons. The van der Waals surface area contributed by atoms with Gasteiger partial charge in [-0.15, -0.1) is 0 Å². The van der Waals surface area contributed by atoms with Crippen LogP contribution in [0, 0.1) is 0 Å². The lowest BCUT2D eigenvalue weighted by molar-refractivity contribution is -0.167. The van der Waals surface area contributed by atoms with E-state index in [1.807, 2.05) is 0 Å². The fraction of sp³-hybridized carbons (Fsp3) is 0.825. The summed E-state index contributed by atoms with van der Waals surface area (Å²) in [7, 11) is 0. The van der Waals surface area contributed by atoms with E-state index in [0.29, 0.717) is 19.3 Å². The third-order valence-electron chi connectivity index (χ3n) is 13.4. The van der Waals surface area contributed by atoms with Crippen molar-refractivity contribution >= 4 is 17.9 Å². The second-order valence-electron chi connectivity index (χ2n) is 20.3. The van der Waals surface area contributed by atoms with E-state index in [1.54, 1.807) is 0 Å². The first-order valence-electron chi connectivity index (χ1n) is 30.2. The van der Waals surface area contributed by atoms with Gasteiger partial charge in [-0.2, -0.15) is 0 Å². The fourth-order valence-electron chi connectivity index (χ4n) is 8.78. The molecular formula is C63H114O6. The highest BCUT2D eigenvalue weighted by molar-refractivity contribution is 5.71. The predicted octanol–water partition coefficient (Wildman–Crippen LogP) is 20.2. The summed E-state index contributed by atoms with van der Waals surface area (Å²) in [6.45, 7) is 6.61. The van der Waals surface area contributed by atoms with Crippen molar-refractivity contribution in [2.45, 2.75) is 322 Å². The molecule has 0 aromatic carbocycles. The molecule has 0 saturated heterocycles. The number of hydrogen-bond donors (Lipinski definition) is 0. The quantitative estimate of drug-likeness (QED) is 0.0262. The van der Waals surface area contributed by atoms with Gasteiger partial charge in [-0.3, -0.25) is 14.4 Å². The molecule has 0 rings (SSSR count). The van der Waals surface area contributed by atoms with E-state index in [2.05, 4.69) is 69.4 Å². The van der Waals surface area contributed by atoms with Gasteiger partial charge in [-0.25, -0.2) is 0 Å². The zero-order chi connectivity index (χ0) is 50.0. The maximum absolute atomic E-state index is 12.9. The highest BCUT2D eigenvalue weighted by Crippen LogP contribution is 2.17. The Bertz CT molecular complexity index is 1200. The zero-order valence-electron chi connectivity index (χ0n) is 46.1. The highest BCUT2D eigenvalue weighted by atomic mass is 16.6. The van der Waals surface area contributed by atoms with Crippen molar-refractivity contribution in [2.24, 2.45) is 0 Å². The van der Waals surface area contributed by atoms with Crippen LogP contribution in [0.15, 0.2) is 48.6 Å². The molecule has 0 aromatic heterocycles. The zero-order valence-corrected chi connectivity index (χ0v) is 46.1. The van der Waals surface area contributed by atoms with Crippen LogP contribution in [0.5, 0.6) is 0 Å². The SMILES string of the molecule is CCCCC/C=C\C=C/CCCCCCCCCCCCC(=O)OCC(COC(=O)CCCCCCCC/C=C\C=C/CCCCC)OC(=O)CCCCCCCCCCCCCCCCCCC. The first-order valence-corrected chi connectivity index (χ1v) is 30.2. The molecule has 0 amide bonds. The van der Waals surface area contributed by atoms with Crippen molar-refractivity contribution in [3.63, 3.8) is 0 Å². The number of esters is 3. The highest BCUT2D eigenvalue weighted by Gasteiger charge is 2.19. The minimum Gasteiger partial charge on any atom is -0.462 e. The van der Waals surface area contributed by atoms with Crippen LogP contribution < -0.4 is 0 Å². The third kappa shape index (κ3) is 56.2. The minimum atomic E-state index is -0.777. The van der Waals surface area contributed by atoms with E-state index < -0.39 is 6.10 Å². The van der Waals surface area contributed by atoms with Crippen LogP contribution in [0.2, 0.25) is 0 Å². The average Bonchev–Trinajstić information content (AvgIpc) is 3.35. The summed E-state index contributed by atoms with van der Waals surface area (Å²) in [6.07, 6.45) is 71.0. The molecular weight excluding hydrogens is 853 g/mol. The van der Waals surface area contributed by atoms with E-state index in [-0.39, 0.29) is 31.1 Å². The molecule has 0 radical (unpaired) electrons. The smallest absolute Gasteiger partial charge is 0.306 e. The molecule has 6 nitrogen and oxygen atoms in total. The number of hydrogen-bond acceptors (Lipinski definition) is 6. The number of unbranched alkanes of at least 4 members (excludes halogenated alkanes) is 38. The predicted molar refractivity (Wildman–Crippen MR) is 298 cm³/mol. The summed E-state index contributed by atoms with van der Waals surface area (Å²) in [5.41, 5.74) is 0. The number of carbonyl (C=O) groups is 3. The molecule has 0 fully saturated rings. The van der Waals surface area contributed by atoms with Crippen molar-refractivity contribution in [3.05, 3.63) is 48.6 Å². The van der Waals surface area contributed by atoms with Gasteiger partial charge in [-0.1, -0.05) is 275 Å². The molecule has 0 aliphatic carbocycles. The van der Waals surface area contributed by atoms with E-state index >= 15 is 0 Å². The first kappa shape index (κ1) is 66.4. The summed E-state index contributed by atoms with van der Waals surface area (Å²) in [4.78, 5) is 38.2. The van der Waals surface area contributed by atoms with Gasteiger partial charge in [0, 0.05) is 19.3 Å². The van der Waals surface area contributed by atoms with Gasteiger partial charge in [0.1, 0.15) is 13.2 Å². The second kappa shape index (κ2) is 57.9. The molecule has 1 atom stereocenters. The fourth-order valence-corrected chi connectivity index (χ4v) is 8.78. The van der Waals surface area contributed by atoms with Gasteiger partial charge in [0.15, 0.2) is 6.10 Å². The second-order valence-corrected chi connectivity index (χ2v) is 20.3. The summed E-state index contributed by atoms with van der Waals surface area (Å²) < 4.78 is 16.9. The Morgan fingerprint density at radius 1 is 0.290 bits per heavy atom. The third-order valence-corrected chi connectivity index (χ3v) is 13.4. The maximum atomic E-state index is 12.9. The van der Waals surface area contributed by atoms with Crippen LogP contribution in [0.3, 0.4) is 0 Å². The number of allylic oxidation sites excluding steroid dienone is 8. The van der Waals surface area contributed by atoms with Crippen molar-refractivity contribution in [1.29, 1.82) is 0 Å². The molecule has 1 unspecified atom stereocenters. The van der Waals surface area contributed by atoms with Gasteiger partial charge >= 0.3 is 17.9 Å². The average molecular weight is 968 g/mol. The number of rotatable bonds is 55. The Kier molecular flexibility index (Phi) is 55.7. The van der Waals surface area contributed by atoms with Gasteiger partial charge < -0.3 is 14.2 Å². The molecule has 0 heterocycles. The lowest BCUT2D eigenvalue weighted by Crippen LogP contribution is -2.30. The van der Waals surface area contributed by atoms with Crippen LogP contribution >= 0.6 is 0 Å². The van der Waals surface area contributed by atoms with E-state index in [4.69, 9.17) is 14.2 Å². The monoisotopic (exact) mass is 967 g/mol. The van der Waals surface area contributed by atoms with Crippen LogP contribution in [0.4, 0.5) is 0 Å². The van der Waals surface area contributed by atoms with Crippen molar-refractivity contribution in [2.75, 3.05) is 13.2 Å². The van der Waals surface area contributed by atoms with Crippen LogP contribution in [0.1, 0.15) is 316 Å². The number of carbonyl (C=O) groups excluding carboxylic acids is 3. The summed E-state index contributed by atoms with van der Waals surface area (Å²) in [6, 6.07) is 0. The van der Waals surface area contributed by atoms with Crippen molar-refractivity contribution in [1.82, 2.24) is 0 Å². The largest absolute Gasteiger partial charge is 0.462 e. The van der Waals surface area contributed by atoms with Gasteiger partial charge in [0.2, 0.25) is 0 Å². The minimum absolute atomic E-state index is 0.0756. The Labute approximate surface area is 428 Å². The Morgan fingerprint density at radius 2 is 0.507 bits per heavy atom. The summed E-state index contributed by atoms with van der Waals surface area (Å²) >= 11 is 0. The lowest BCUT2D eigenvalue weighted by atomic mass is 10.0. The van der Waals surface area contributed by atoms with Crippen LogP contribution in [-0.2, 0) is 28.6 Å². The standard InChI is InChI=1S/C63H114O6/c1-4-7-10-13-16-19-22-25-28-30-31-33-35-38-41-44-47-50-53-56-62(65)68-59-60(58-67-61(64)55-52-49-46-43-40-37-34-27-24-21-18-15-12-9-6-3)69-63(66)57-54-51-48-45-42-39-36-32-29-26-23-20-17-14-11-8-5-2/h16,18-19,21-22,24-25,27,60H,4-15,17,20,23,26,28-59H2,1-3H3/b19-16-,21-18-,25-22-,27-24-. The molecule has 69 heavy (non-hydrogen) atoms. The molecule has 0 bridgehead atoms. The van der Waals surface area contributed by atoms with Crippen LogP contribution in [-0.4, -0.2) is 37.2 Å². The van der Waals surface area contributed by atoms with Crippen LogP contribution in [0.25, 0.3) is 0 Å². The molecule has 6 heteroatoms. The van der Waals surface area contributed by atoms with E-state index in [1.165, 1.54) is 212 Å². The molecule has 0 aliphatic heterocycles. The first-order chi connectivity index (χ1) is 34.0. The lowest BCUT2D eigenvalue weighted by Gasteiger charge is -2.18. The molecule has 0 spiro atoms. The Balaban J connectivity index is 4.35. The van der Waals surface area contributed by atoms with E-state index in [0.717, 1.165) is 64.2 Å². The summed E-state index contributed by atoms with van der Waals surface area (Å²) in [5.74, 6) is -0.872. The molecule has 0 saturated carbocycles. The maximum Gasteiger partial charge on any atom is 0.306 e. The van der Waals surface area contributed by atoms with E-state index in [9.17, 15) is 14.4 Å². The molecule has 0 aromatic rings. The molecule has 0 aliphatic rings. The Hall–Kier alpha value is -2.63. The van der Waals surface area contributed by atoms with Gasteiger partial charge in [0.25, 0.3) is 0 Å². The topological polar surface area (TPSA) is 78.9 Å². The summed E-state index contributed by atoms with van der Waals surface area (Å²) in [5, 5.41) is 0. The van der Waals surface area contributed by atoms with Crippen molar-refractivity contribution in [3.8, 4) is 0 Å². The normalized spacial score (nSPS) is 12.3. The Morgan fingerprint density at radius 3 is 0.797 bits per heavy atom. The van der Waals surface area contributed by atoms with Gasteiger partial charge in [0.05, 0.1) is 0 Å².